The maximum atomic E-state index is 13.5. The Balaban J connectivity index is 1.85. The van der Waals surface area contributed by atoms with E-state index in [0.717, 1.165) is 35.3 Å². The monoisotopic (exact) mass is 434 g/mol. The van der Waals surface area contributed by atoms with Crippen molar-refractivity contribution in [3.05, 3.63) is 77.1 Å². The van der Waals surface area contributed by atoms with Crippen LogP contribution in [0.5, 0.6) is 5.75 Å². The number of hydrogen-bond donors (Lipinski definition) is 0. The van der Waals surface area contributed by atoms with Crippen molar-refractivity contribution >= 4 is 5.97 Å². The van der Waals surface area contributed by atoms with Gasteiger partial charge in [0.1, 0.15) is 5.75 Å². The standard InChI is InChI=1S/C29H38O3/c1-6-7-8-12-16-23-19-26(22-14-10-9-11-15-22)28(31-23)29(30)32-27-24(20(2)3)17-13-18-25(27)21(4)5/h9-11,13-15,17-21,26,28H,6-8,12,16H2,1-5H3/t26-,28+/m0/s1. The van der Waals surface area contributed by atoms with Crippen LogP contribution >= 0.6 is 0 Å². The van der Waals surface area contributed by atoms with Gasteiger partial charge in [-0.2, -0.15) is 0 Å². The van der Waals surface area contributed by atoms with Crippen molar-refractivity contribution in [2.75, 3.05) is 0 Å². The lowest BCUT2D eigenvalue weighted by Gasteiger charge is -2.23. The largest absolute Gasteiger partial charge is 0.482 e. The molecule has 3 rings (SSSR count). The van der Waals surface area contributed by atoms with Crippen LogP contribution in [0.3, 0.4) is 0 Å². The van der Waals surface area contributed by atoms with Crippen LogP contribution in [0.4, 0.5) is 0 Å². The van der Waals surface area contributed by atoms with Crippen molar-refractivity contribution in [3.63, 3.8) is 0 Å². The first kappa shape index (κ1) is 24.1. The number of carbonyl (C=O) groups is 1. The Morgan fingerprint density at radius 2 is 1.56 bits per heavy atom. The van der Waals surface area contributed by atoms with Crippen LogP contribution in [0.15, 0.2) is 60.4 Å². The minimum Gasteiger partial charge on any atom is -0.482 e. The molecule has 1 aliphatic rings. The molecule has 2 aromatic rings. The van der Waals surface area contributed by atoms with Gasteiger partial charge in [-0.15, -0.1) is 0 Å². The summed E-state index contributed by atoms with van der Waals surface area (Å²) in [6, 6.07) is 16.3. The molecule has 3 heteroatoms. The molecule has 0 amide bonds. The van der Waals surface area contributed by atoms with Gasteiger partial charge in [-0.3, -0.25) is 0 Å². The molecule has 0 unspecified atom stereocenters. The molecule has 0 N–H and O–H groups in total. The molecular weight excluding hydrogens is 396 g/mol. The summed E-state index contributed by atoms with van der Waals surface area (Å²) in [5.74, 6) is 1.70. The van der Waals surface area contributed by atoms with E-state index in [0.29, 0.717) is 5.75 Å². The third-order valence-corrected chi connectivity index (χ3v) is 6.19. The topological polar surface area (TPSA) is 35.5 Å². The van der Waals surface area contributed by atoms with Crippen LogP contribution in [-0.4, -0.2) is 12.1 Å². The van der Waals surface area contributed by atoms with Crippen LogP contribution < -0.4 is 4.74 Å². The summed E-state index contributed by atoms with van der Waals surface area (Å²) in [6.07, 6.45) is 7.04. The van der Waals surface area contributed by atoms with Crippen molar-refractivity contribution in [1.29, 1.82) is 0 Å². The Morgan fingerprint density at radius 3 is 2.16 bits per heavy atom. The Morgan fingerprint density at radius 1 is 0.906 bits per heavy atom. The highest BCUT2D eigenvalue weighted by atomic mass is 16.6. The zero-order chi connectivity index (χ0) is 23.1. The molecule has 0 radical (unpaired) electrons. The average molecular weight is 435 g/mol. The predicted molar refractivity (Wildman–Crippen MR) is 131 cm³/mol. The van der Waals surface area contributed by atoms with E-state index in [1.807, 2.05) is 18.2 Å². The number of unbranched alkanes of at least 4 members (excludes halogenated alkanes) is 3. The van der Waals surface area contributed by atoms with Crippen molar-refractivity contribution in [1.82, 2.24) is 0 Å². The van der Waals surface area contributed by atoms with Crippen LogP contribution in [0.25, 0.3) is 0 Å². The molecule has 1 aliphatic heterocycles. The van der Waals surface area contributed by atoms with Crippen LogP contribution in [0, 0.1) is 0 Å². The average Bonchev–Trinajstić information content (AvgIpc) is 3.21. The summed E-state index contributed by atoms with van der Waals surface area (Å²) < 4.78 is 12.4. The van der Waals surface area contributed by atoms with Crippen LogP contribution in [0.2, 0.25) is 0 Å². The smallest absolute Gasteiger partial charge is 0.353 e. The van der Waals surface area contributed by atoms with E-state index in [1.54, 1.807) is 0 Å². The van der Waals surface area contributed by atoms with Gasteiger partial charge in [0.05, 0.1) is 11.7 Å². The third kappa shape index (κ3) is 5.82. The van der Waals surface area contributed by atoms with Gasteiger partial charge >= 0.3 is 5.97 Å². The summed E-state index contributed by atoms with van der Waals surface area (Å²) >= 11 is 0. The summed E-state index contributed by atoms with van der Waals surface area (Å²) in [4.78, 5) is 13.5. The quantitative estimate of drug-likeness (QED) is 0.217. The van der Waals surface area contributed by atoms with Crippen molar-refractivity contribution in [3.8, 4) is 5.75 Å². The highest BCUT2D eigenvalue weighted by molar-refractivity contribution is 5.80. The minimum atomic E-state index is -0.654. The van der Waals surface area contributed by atoms with Crippen LogP contribution in [-0.2, 0) is 9.53 Å². The summed E-state index contributed by atoms with van der Waals surface area (Å²) in [7, 11) is 0. The molecule has 0 saturated carbocycles. The molecule has 0 fully saturated rings. The fourth-order valence-electron chi connectivity index (χ4n) is 4.33. The third-order valence-electron chi connectivity index (χ3n) is 6.19. The lowest BCUT2D eigenvalue weighted by atomic mass is 9.93. The van der Waals surface area contributed by atoms with Crippen molar-refractivity contribution < 1.29 is 14.3 Å². The fourth-order valence-corrected chi connectivity index (χ4v) is 4.33. The van der Waals surface area contributed by atoms with Crippen molar-refractivity contribution in [2.24, 2.45) is 0 Å². The zero-order valence-electron chi connectivity index (χ0n) is 20.3. The highest BCUT2D eigenvalue weighted by Crippen LogP contribution is 2.38. The lowest BCUT2D eigenvalue weighted by molar-refractivity contribution is -0.144. The molecular formula is C29H38O3. The first-order valence-electron chi connectivity index (χ1n) is 12.2. The Bertz CT molecular complexity index is 885. The van der Waals surface area contributed by atoms with E-state index in [-0.39, 0.29) is 23.7 Å². The van der Waals surface area contributed by atoms with E-state index >= 15 is 0 Å². The van der Waals surface area contributed by atoms with E-state index in [4.69, 9.17) is 9.47 Å². The Hall–Kier alpha value is -2.55. The summed E-state index contributed by atoms with van der Waals surface area (Å²) in [6.45, 7) is 10.7. The first-order chi connectivity index (χ1) is 15.4. The minimum absolute atomic E-state index is 0.126. The normalized spacial score (nSPS) is 18.0. The summed E-state index contributed by atoms with van der Waals surface area (Å²) in [5, 5.41) is 0. The van der Waals surface area contributed by atoms with E-state index < -0.39 is 6.10 Å². The Kier molecular flexibility index (Phi) is 8.55. The lowest BCUT2D eigenvalue weighted by Crippen LogP contribution is -2.31. The van der Waals surface area contributed by atoms with Gasteiger partial charge in [-0.05, 0) is 41.0 Å². The molecule has 2 atom stereocenters. The number of rotatable bonds is 10. The van der Waals surface area contributed by atoms with Crippen molar-refractivity contribution in [2.45, 2.75) is 90.6 Å². The second-order valence-corrected chi connectivity index (χ2v) is 9.41. The molecule has 3 nitrogen and oxygen atoms in total. The van der Waals surface area contributed by atoms with Gasteiger partial charge in [0.15, 0.2) is 0 Å². The zero-order valence-corrected chi connectivity index (χ0v) is 20.3. The second kappa shape index (κ2) is 11.4. The molecule has 2 aromatic carbocycles. The van der Waals surface area contributed by atoms with E-state index in [1.165, 1.54) is 19.3 Å². The SMILES string of the molecule is CCCCCCC1=C[C@@H](c2ccccc2)[C@H](C(=O)Oc2c(C(C)C)cccc2C(C)C)O1. The molecule has 0 aliphatic carbocycles. The molecule has 32 heavy (non-hydrogen) atoms. The number of allylic oxidation sites excluding steroid dienone is 1. The first-order valence-corrected chi connectivity index (χ1v) is 12.2. The number of hydrogen-bond acceptors (Lipinski definition) is 3. The number of para-hydroxylation sites is 1. The number of esters is 1. The predicted octanol–water partition coefficient (Wildman–Crippen LogP) is 7.88. The molecule has 0 aromatic heterocycles. The molecule has 0 bridgehead atoms. The van der Waals surface area contributed by atoms with Gasteiger partial charge in [0, 0.05) is 6.42 Å². The fraction of sp³-hybridized carbons (Fsp3) is 0.483. The van der Waals surface area contributed by atoms with Gasteiger partial charge in [0.2, 0.25) is 6.10 Å². The van der Waals surface area contributed by atoms with Crippen LogP contribution in [0.1, 0.15) is 101 Å². The maximum absolute atomic E-state index is 13.5. The Labute approximate surface area is 193 Å². The van der Waals surface area contributed by atoms with Gasteiger partial charge in [0.25, 0.3) is 0 Å². The van der Waals surface area contributed by atoms with Gasteiger partial charge < -0.3 is 9.47 Å². The van der Waals surface area contributed by atoms with Gasteiger partial charge in [-0.1, -0.05) is 102 Å². The summed E-state index contributed by atoms with van der Waals surface area (Å²) in [5.41, 5.74) is 3.21. The second-order valence-electron chi connectivity index (χ2n) is 9.41. The number of benzene rings is 2. The highest BCUT2D eigenvalue weighted by Gasteiger charge is 2.38. The molecule has 0 spiro atoms. The number of carbonyl (C=O) groups excluding carboxylic acids is 1. The molecule has 0 saturated heterocycles. The van der Waals surface area contributed by atoms with Gasteiger partial charge in [-0.25, -0.2) is 4.79 Å². The molecule has 1 heterocycles. The van der Waals surface area contributed by atoms with E-state index in [2.05, 4.69) is 71.0 Å². The maximum Gasteiger partial charge on any atom is 0.353 e. The number of ether oxygens (including phenoxy) is 2. The molecule has 172 valence electrons. The van der Waals surface area contributed by atoms with E-state index in [9.17, 15) is 4.79 Å².